The van der Waals surface area contributed by atoms with Gasteiger partial charge < -0.3 is 14.8 Å². The van der Waals surface area contributed by atoms with Gasteiger partial charge in [0.15, 0.2) is 16.6 Å². The minimum atomic E-state index is -0.0280. The van der Waals surface area contributed by atoms with Crippen LogP contribution in [0.15, 0.2) is 84.0 Å². The van der Waals surface area contributed by atoms with Crippen LogP contribution in [-0.4, -0.2) is 29.0 Å². The lowest BCUT2D eigenvalue weighted by atomic mass is 9.98. The van der Waals surface area contributed by atoms with Gasteiger partial charge in [-0.25, -0.2) is 5.01 Å². The number of hydrogen-bond donors (Lipinski definition) is 1. The van der Waals surface area contributed by atoms with Crippen LogP contribution in [0.1, 0.15) is 23.6 Å². The van der Waals surface area contributed by atoms with E-state index < -0.39 is 0 Å². The highest BCUT2D eigenvalue weighted by molar-refractivity contribution is 7.80. The number of ether oxygens (including phenoxy) is 2. The number of anilines is 1. The van der Waals surface area contributed by atoms with Crippen molar-refractivity contribution in [3.63, 3.8) is 0 Å². The Balaban J connectivity index is 1.47. The maximum Gasteiger partial charge on any atom is 0.194 e. The van der Waals surface area contributed by atoms with Crippen molar-refractivity contribution in [2.75, 3.05) is 18.5 Å². The third-order valence-electron chi connectivity index (χ3n) is 5.20. The third kappa shape index (κ3) is 3.74. The maximum absolute atomic E-state index is 5.80. The molecule has 1 N–H and O–H groups in total. The molecule has 30 heavy (non-hydrogen) atoms. The summed E-state index contributed by atoms with van der Waals surface area (Å²) in [5.74, 6) is 1.55. The van der Waals surface area contributed by atoms with Gasteiger partial charge in [0, 0.05) is 12.1 Å². The Labute approximate surface area is 180 Å². The Bertz CT molecular complexity index is 1090. The van der Waals surface area contributed by atoms with Gasteiger partial charge in [0.25, 0.3) is 0 Å². The Morgan fingerprint density at radius 3 is 2.37 bits per heavy atom. The summed E-state index contributed by atoms with van der Waals surface area (Å²) in [7, 11) is 0. The summed E-state index contributed by atoms with van der Waals surface area (Å²) in [4.78, 5) is 0. The zero-order valence-corrected chi connectivity index (χ0v) is 17.1. The van der Waals surface area contributed by atoms with Crippen LogP contribution in [0.25, 0.3) is 0 Å². The molecule has 0 aromatic heterocycles. The monoisotopic (exact) mass is 415 g/mol. The molecule has 0 amide bonds. The molecule has 0 spiro atoms. The normalized spacial score (nSPS) is 17.4. The van der Waals surface area contributed by atoms with Crippen molar-refractivity contribution < 1.29 is 9.47 Å². The molecule has 2 aliphatic heterocycles. The van der Waals surface area contributed by atoms with Gasteiger partial charge in [-0.1, -0.05) is 54.6 Å². The quantitative estimate of drug-likeness (QED) is 0.610. The number of fused-ring (bicyclic) bond motifs is 1. The van der Waals surface area contributed by atoms with Crippen molar-refractivity contribution in [1.29, 1.82) is 0 Å². The van der Waals surface area contributed by atoms with Crippen LogP contribution in [0.5, 0.6) is 11.5 Å². The lowest BCUT2D eigenvalue weighted by Gasteiger charge is -2.26. The standard InChI is InChI=1S/C24H21N3O2S/c30-24(25-19-9-5-2-6-10-19)27-21(16-20(26-27)17-7-3-1-4-8-17)18-11-12-22-23(15-18)29-14-13-28-22/h1-12,15,21H,13-14,16H2,(H,25,30). The molecule has 0 saturated heterocycles. The van der Waals surface area contributed by atoms with Crippen LogP contribution in [0.4, 0.5) is 5.69 Å². The summed E-state index contributed by atoms with van der Waals surface area (Å²) in [6.45, 7) is 1.14. The molecule has 2 heterocycles. The number of hydrogen-bond acceptors (Lipinski definition) is 4. The molecule has 1 unspecified atom stereocenters. The number of hydrazone groups is 1. The van der Waals surface area contributed by atoms with Crippen molar-refractivity contribution in [3.8, 4) is 11.5 Å². The summed E-state index contributed by atoms with van der Waals surface area (Å²) < 4.78 is 11.5. The van der Waals surface area contributed by atoms with Gasteiger partial charge in [0.05, 0.1) is 11.8 Å². The summed E-state index contributed by atoms with van der Waals surface area (Å²) in [6.07, 6.45) is 0.750. The fraction of sp³-hybridized carbons (Fsp3) is 0.167. The molecule has 5 nitrogen and oxygen atoms in total. The van der Waals surface area contributed by atoms with Crippen molar-refractivity contribution in [1.82, 2.24) is 5.01 Å². The zero-order valence-electron chi connectivity index (χ0n) is 16.3. The number of nitrogens with zero attached hydrogens (tertiary/aromatic N) is 2. The second-order valence-electron chi connectivity index (χ2n) is 7.18. The number of benzene rings is 3. The highest BCUT2D eigenvalue weighted by atomic mass is 32.1. The number of para-hydroxylation sites is 1. The molecule has 0 bridgehead atoms. The number of nitrogens with one attached hydrogen (secondary N) is 1. The first-order chi connectivity index (χ1) is 14.8. The molecule has 0 saturated carbocycles. The van der Waals surface area contributed by atoms with E-state index in [1.165, 1.54) is 0 Å². The fourth-order valence-corrected chi connectivity index (χ4v) is 4.02. The Morgan fingerprint density at radius 2 is 1.60 bits per heavy atom. The Kier molecular flexibility index (Phi) is 5.07. The van der Waals surface area contributed by atoms with Crippen LogP contribution in [0.3, 0.4) is 0 Å². The molecule has 0 aliphatic carbocycles. The summed E-state index contributed by atoms with van der Waals surface area (Å²) >= 11 is 5.75. The first-order valence-corrected chi connectivity index (χ1v) is 10.4. The van der Waals surface area contributed by atoms with Crippen molar-refractivity contribution in [3.05, 3.63) is 90.0 Å². The first-order valence-electron chi connectivity index (χ1n) is 9.96. The number of rotatable bonds is 3. The fourth-order valence-electron chi connectivity index (χ4n) is 3.73. The van der Waals surface area contributed by atoms with E-state index in [0.717, 1.165) is 40.4 Å². The van der Waals surface area contributed by atoms with Crippen LogP contribution in [0.2, 0.25) is 0 Å². The van der Waals surface area contributed by atoms with Crippen molar-refractivity contribution in [2.45, 2.75) is 12.5 Å². The maximum atomic E-state index is 5.80. The van der Waals surface area contributed by atoms with Gasteiger partial charge in [-0.2, -0.15) is 5.10 Å². The zero-order chi connectivity index (χ0) is 20.3. The van der Waals surface area contributed by atoms with E-state index in [0.29, 0.717) is 18.3 Å². The minimum absolute atomic E-state index is 0.0280. The van der Waals surface area contributed by atoms with Gasteiger partial charge in [0.1, 0.15) is 13.2 Å². The molecule has 2 aliphatic rings. The topological polar surface area (TPSA) is 46.1 Å². The van der Waals surface area contributed by atoms with Crippen molar-refractivity contribution >= 4 is 28.7 Å². The summed E-state index contributed by atoms with van der Waals surface area (Å²) in [5.41, 5.74) is 4.13. The molecule has 3 aromatic carbocycles. The molecule has 6 heteroatoms. The van der Waals surface area contributed by atoms with E-state index in [1.807, 2.05) is 65.7 Å². The predicted octanol–water partition coefficient (Wildman–Crippen LogP) is 5.01. The second-order valence-corrected chi connectivity index (χ2v) is 7.56. The van der Waals surface area contributed by atoms with E-state index in [9.17, 15) is 0 Å². The molecule has 150 valence electrons. The van der Waals surface area contributed by atoms with E-state index in [4.69, 9.17) is 26.8 Å². The van der Waals surface area contributed by atoms with E-state index in [2.05, 4.69) is 23.5 Å². The lowest BCUT2D eigenvalue weighted by Crippen LogP contribution is -2.31. The average molecular weight is 416 g/mol. The first kappa shape index (κ1) is 18.6. The van der Waals surface area contributed by atoms with Crippen LogP contribution < -0.4 is 14.8 Å². The second kappa shape index (κ2) is 8.16. The largest absolute Gasteiger partial charge is 0.486 e. The molecule has 3 aromatic rings. The minimum Gasteiger partial charge on any atom is -0.486 e. The Hall–Kier alpha value is -3.38. The van der Waals surface area contributed by atoms with Crippen LogP contribution in [-0.2, 0) is 0 Å². The van der Waals surface area contributed by atoms with Crippen LogP contribution >= 0.6 is 12.2 Å². The SMILES string of the molecule is S=C(Nc1ccccc1)N1N=C(c2ccccc2)CC1c1ccc2c(c1)OCCO2. The van der Waals surface area contributed by atoms with Gasteiger partial charge >= 0.3 is 0 Å². The highest BCUT2D eigenvalue weighted by Crippen LogP contribution is 2.38. The van der Waals surface area contributed by atoms with Gasteiger partial charge in [-0.05, 0) is 47.6 Å². The van der Waals surface area contributed by atoms with Crippen molar-refractivity contribution in [2.24, 2.45) is 5.10 Å². The van der Waals surface area contributed by atoms with Gasteiger partial charge in [-0.3, -0.25) is 0 Å². The molecule has 0 radical (unpaired) electrons. The summed E-state index contributed by atoms with van der Waals surface area (Å²) in [5, 5.41) is 10.7. The molecule has 1 atom stereocenters. The molecular formula is C24H21N3O2S. The average Bonchev–Trinajstić information content (AvgIpc) is 3.26. The van der Waals surface area contributed by atoms with Gasteiger partial charge in [-0.15, -0.1) is 0 Å². The van der Waals surface area contributed by atoms with E-state index >= 15 is 0 Å². The molecule has 5 rings (SSSR count). The smallest absolute Gasteiger partial charge is 0.194 e. The van der Waals surface area contributed by atoms with Gasteiger partial charge in [0.2, 0.25) is 0 Å². The lowest BCUT2D eigenvalue weighted by molar-refractivity contribution is 0.171. The van der Waals surface area contributed by atoms with Crippen LogP contribution in [0, 0.1) is 0 Å². The number of thiocarbonyl (C=S) groups is 1. The highest BCUT2D eigenvalue weighted by Gasteiger charge is 2.32. The van der Waals surface area contributed by atoms with E-state index in [-0.39, 0.29) is 6.04 Å². The summed E-state index contributed by atoms with van der Waals surface area (Å²) in [6, 6.07) is 26.2. The third-order valence-corrected chi connectivity index (χ3v) is 5.49. The molecule has 0 fully saturated rings. The molecular weight excluding hydrogens is 394 g/mol. The predicted molar refractivity (Wildman–Crippen MR) is 122 cm³/mol. The Morgan fingerprint density at radius 1 is 0.900 bits per heavy atom. The van der Waals surface area contributed by atoms with E-state index in [1.54, 1.807) is 0 Å².